The van der Waals surface area contributed by atoms with Crippen LogP contribution in [0.2, 0.25) is 5.02 Å². The summed E-state index contributed by atoms with van der Waals surface area (Å²) in [6.45, 7) is 3.05. The molecule has 1 aliphatic rings. The summed E-state index contributed by atoms with van der Waals surface area (Å²) in [6.07, 6.45) is 4.22. The van der Waals surface area contributed by atoms with Crippen LogP contribution in [0.15, 0.2) is 42.6 Å². The highest BCUT2D eigenvalue weighted by atomic mass is 35.5. The van der Waals surface area contributed by atoms with Gasteiger partial charge in [-0.1, -0.05) is 41.9 Å². The average molecular weight is 332 g/mol. The van der Waals surface area contributed by atoms with Crippen molar-refractivity contribution >= 4 is 17.5 Å². The highest BCUT2D eigenvalue weighted by molar-refractivity contribution is 6.31. The second-order valence-corrected chi connectivity index (χ2v) is 6.54. The Morgan fingerprint density at radius 2 is 1.96 bits per heavy atom. The van der Waals surface area contributed by atoms with Crippen LogP contribution in [0, 0.1) is 0 Å². The molecule has 1 aliphatic heterocycles. The van der Waals surface area contributed by atoms with Crippen molar-refractivity contribution in [1.29, 1.82) is 0 Å². The molecule has 122 valence electrons. The Balaban J connectivity index is 1.77. The van der Waals surface area contributed by atoms with Gasteiger partial charge < -0.3 is 14.8 Å². The Labute approximate surface area is 142 Å². The Morgan fingerprint density at radius 1 is 1.26 bits per heavy atom. The van der Waals surface area contributed by atoms with E-state index < -0.39 is 0 Å². The summed E-state index contributed by atoms with van der Waals surface area (Å²) < 4.78 is 1.76. The van der Waals surface area contributed by atoms with E-state index in [1.54, 1.807) is 16.8 Å². The molecule has 1 aromatic carbocycles. The van der Waals surface area contributed by atoms with Crippen molar-refractivity contribution in [1.82, 2.24) is 14.8 Å². The third-order valence-electron chi connectivity index (χ3n) is 4.35. The number of benzene rings is 1. The van der Waals surface area contributed by atoms with E-state index in [0.717, 1.165) is 25.2 Å². The second-order valence-electron chi connectivity index (χ2n) is 6.10. The van der Waals surface area contributed by atoms with Crippen LogP contribution >= 0.6 is 11.6 Å². The molecule has 0 aliphatic carbocycles. The maximum atomic E-state index is 12.6. The minimum atomic E-state index is -0.0903. The standard InChI is InChI=1S/C18H22ClN3O/c1-21-12-15(19)11-17(21)18(23)20-16(13-22-9-5-6-10-22)14-7-3-2-4-8-14/h2-4,7-8,11-12,16H,5-6,9-10,13H2,1H3,(H,20,23). The number of rotatable bonds is 5. The Bertz CT molecular complexity index is 662. The molecule has 1 aromatic heterocycles. The van der Waals surface area contributed by atoms with Gasteiger partial charge in [-0.3, -0.25) is 4.79 Å². The van der Waals surface area contributed by atoms with E-state index in [-0.39, 0.29) is 11.9 Å². The largest absolute Gasteiger partial charge is 0.345 e. The van der Waals surface area contributed by atoms with Gasteiger partial charge in [-0.2, -0.15) is 0 Å². The number of nitrogens with one attached hydrogen (secondary N) is 1. The van der Waals surface area contributed by atoms with Crippen molar-refractivity contribution in [2.75, 3.05) is 19.6 Å². The lowest BCUT2D eigenvalue weighted by atomic mass is 10.1. The van der Waals surface area contributed by atoms with E-state index in [1.165, 1.54) is 12.8 Å². The molecule has 1 atom stereocenters. The van der Waals surface area contributed by atoms with E-state index >= 15 is 0 Å². The lowest BCUT2D eigenvalue weighted by Crippen LogP contribution is -2.37. The molecular weight excluding hydrogens is 310 g/mol. The molecule has 1 unspecified atom stereocenters. The average Bonchev–Trinajstić information content (AvgIpc) is 3.17. The number of nitrogens with zero attached hydrogens (tertiary/aromatic N) is 2. The minimum absolute atomic E-state index is 0.0181. The quantitative estimate of drug-likeness (QED) is 0.913. The number of carbonyl (C=O) groups excluding carboxylic acids is 1. The number of aryl methyl sites for hydroxylation is 1. The smallest absolute Gasteiger partial charge is 0.268 e. The van der Waals surface area contributed by atoms with Crippen LogP contribution in [0.3, 0.4) is 0 Å². The number of amides is 1. The van der Waals surface area contributed by atoms with Crippen molar-refractivity contribution in [2.24, 2.45) is 7.05 Å². The molecule has 0 bridgehead atoms. The first-order valence-corrected chi connectivity index (χ1v) is 8.41. The van der Waals surface area contributed by atoms with E-state index in [2.05, 4.69) is 22.3 Å². The van der Waals surface area contributed by atoms with E-state index in [0.29, 0.717) is 10.7 Å². The lowest BCUT2D eigenvalue weighted by Gasteiger charge is -2.25. The number of likely N-dealkylation sites (tertiary alicyclic amines) is 1. The molecule has 5 heteroatoms. The fourth-order valence-corrected chi connectivity index (χ4v) is 3.38. The molecule has 0 radical (unpaired) electrons. The SMILES string of the molecule is Cn1cc(Cl)cc1C(=O)NC(CN1CCCC1)c1ccccc1. The molecule has 0 spiro atoms. The van der Waals surface area contributed by atoms with Gasteiger partial charge in [-0.05, 0) is 37.6 Å². The molecule has 2 aromatic rings. The minimum Gasteiger partial charge on any atom is -0.345 e. The van der Waals surface area contributed by atoms with Crippen molar-refractivity contribution in [3.05, 3.63) is 58.9 Å². The summed E-state index contributed by atoms with van der Waals surface area (Å²) >= 11 is 5.99. The Morgan fingerprint density at radius 3 is 2.57 bits per heavy atom. The van der Waals surface area contributed by atoms with Crippen molar-refractivity contribution in [2.45, 2.75) is 18.9 Å². The fourth-order valence-electron chi connectivity index (χ4n) is 3.13. The number of carbonyl (C=O) groups is 1. The van der Waals surface area contributed by atoms with Gasteiger partial charge in [0, 0.05) is 19.8 Å². The molecule has 2 heterocycles. The van der Waals surface area contributed by atoms with Gasteiger partial charge in [0.05, 0.1) is 11.1 Å². The predicted octanol–water partition coefficient (Wildman–Crippen LogP) is 3.25. The first-order chi connectivity index (χ1) is 11.1. The van der Waals surface area contributed by atoms with E-state index in [1.807, 2.05) is 25.2 Å². The van der Waals surface area contributed by atoms with Crippen LogP contribution in [0.5, 0.6) is 0 Å². The highest BCUT2D eigenvalue weighted by Crippen LogP contribution is 2.19. The first-order valence-electron chi connectivity index (χ1n) is 8.03. The monoisotopic (exact) mass is 331 g/mol. The van der Waals surface area contributed by atoms with Crippen LogP contribution in [0.25, 0.3) is 0 Å². The molecule has 1 fully saturated rings. The molecular formula is C18H22ClN3O. The zero-order valence-corrected chi connectivity index (χ0v) is 14.1. The second kappa shape index (κ2) is 7.20. The van der Waals surface area contributed by atoms with Gasteiger partial charge in [-0.25, -0.2) is 0 Å². The van der Waals surface area contributed by atoms with Gasteiger partial charge >= 0.3 is 0 Å². The Kier molecular flexibility index (Phi) is 5.03. The topological polar surface area (TPSA) is 37.3 Å². The molecule has 1 N–H and O–H groups in total. The Hall–Kier alpha value is -1.78. The summed E-state index contributed by atoms with van der Waals surface area (Å²) in [5, 5.41) is 3.75. The normalized spacial score (nSPS) is 16.4. The van der Waals surface area contributed by atoms with E-state index in [4.69, 9.17) is 11.6 Å². The van der Waals surface area contributed by atoms with Gasteiger partial charge in [0.2, 0.25) is 0 Å². The van der Waals surface area contributed by atoms with Crippen LogP contribution < -0.4 is 5.32 Å². The maximum absolute atomic E-state index is 12.6. The summed E-state index contributed by atoms with van der Waals surface area (Å²) in [5.41, 5.74) is 1.71. The molecule has 0 saturated carbocycles. The molecule has 1 saturated heterocycles. The van der Waals surface area contributed by atoms with Crippen molar-refractivity contribution in [3.63, 3.8) is 0 Å². The first kappa shape index (κ1) is 16.1. The fraction of sp³-hybridized carbons (Fsp3) is 0.389. The van der Waals surface area contributed by atoms with Crippen molar-refractivity contribution < 1.29 is 4.79 Å². The van der Waals surface area contributed by atoms with Crippen LogP contribution in [0.1, 0.15) is 34.9 Å². The zero-order valence-electron chi connectivity index (χ0n) is 13.3. The summed E-state index contributed by atoms with van der Waals surface area (Å²) in [4.78, 5) is 15.0. The highest BCUT2D eigenvalue weighted by Gasteiger charge is 2.22. The van der Waals surface area contributed by atoms with Gasteiger partial charge in [0.1, 0.15) is 5.69 Å². The molecule has 1 amide bonds. The number of halogens is 1. The van der Waals surface area contributed by atoms with Gasteiger partial charge in [0.15, 0.2) is 0 Å². The number of hydrogen-bond donors (Lipinski definition) is 1. The van der Waals surface area contributed by atoms with Crippen molar-refractivity contribution in [3.8, 4) is 0 Å². The van der Waals surface area contributed by atoms with E-state index in [9.17, 15) is 4.79 Å². The number of aromatic nitrogens is 1. The summed E-state index contributed by atoms with van der Waals surface area (Å²) in [6, 6.07) is 11.8. The third-order valence-corrected chi connectivity index (χ3v) is 4.56. The molecule has 23 heavy (non-hydrogen) atoms. The van der Waals surface area contributed by atoms with Crippen LogP contribution in [-0.2, 0) is 7.05 Å². The van der Waals surface area contributed by atoms with Crippen LogP contribution in [-0.4, -0.2) is 35.0 Å². The van der Waals surface area contributed by atoms with Gasteiger partial charge in [0.25, 0.3) is 5.91 Å². The maximum Gasteiger partial charge on any atom is 0.268 e. The van der Waals surface area contributed by atoms with Gasteiger partial charge in [-0.15, -0.1) is 0 Å². The zero-order chi connectivity index (χ0) is 16.2. The third kappa shape index (κ3) is 3.95. The number of hydrogen-bond acceptors (Lipinski definition) is 2. The summed E-state index contributed by atoms with van der Waals surface area (Å²) in [5.74, 6) is -0.0903. The lowest BCUT2D eigenvalue weighted by molar-refractivity contribution is 0.0919. The molecule has 3 rings (SSSR count). The van der Waals surface area contributed by atoms with Crippen LogP contribution in [0.4, 0.5) is 0 Å². The summed E-state index contributed by atoms with van der Waals surface area (Å²) in [7, 11) is 1.83. The molecule has 4 nitrogen and oxygen atoms in total. The predicted molar refractivity (Wildman–Crippen MR) is 92.7 cm³/mol.